The summed E-state index contributed by atoms with van der Waals surface area (Å²) in [4.78, 5) is 0. The van der Waals surface area contributed by atoms with Gasteiger partial charge in [0.25, 0.3) is 0 Å². The molecule has 0 aromatic rings. The third-order valence-electron chi connectivity index (χ3n) is 5.79. The zero-order valence-corrected chi connectivity index (χ0v) is 18.5. The first-order valence-electron chi connectivity index (χ1n) is 11.2. The van der Waals surface area contributed by atoms with E-state index in [9.17, 15) is 0 Å². The average Bonchev–Trinajstić information content (AvgIpc) is 2.91. The van der Waals surface area contributed by atoms with Crippen molar-refractivity contribution in [1.82, 2.24) is 0 Å². The lowest BCUT2D eigenvalue weighted by atomic mass is 9.76. The number of rotatable bonds is 3. The second kappa shape index (κ2) is 17.6. The molecule has 2 bridgehead atoms. The molecule has 0 N–H and O–H groups in total. The van der Waals surface area contributed by atoms with Crippen LogP contribution in [0.1, 0.15) is 113 Å². The van der Waals surface area contributed by atoms with Crippen molar-refractivity contribution in [2.45, 2.75) is 113 Å². The van der Waals surface area contributed by atoms with E-state index in [-0.39, 0.29) is 0 Å². The molecule has 0 aromatic carbocycles. The summed E-state index contributed by atoms with van der Waals surface area (Å²) in [7, 11) is 0. The highest BCUT2D eigenvalue weighted by Gasteiger charge is 2.34. The van der Waals surface area contributed by atoms with Crippen LogP contribution in [0.15, 0.2) is 12.7 Å². The molecule has 2 rings (SSSR count). The summed E-state index contributed by atoms with van der Waals surface area (Å²) in [5.74, 6) is 5.19. The van der Waals surface area contributed by atoms with E-state index in [0.29, 0.717) is 0 Å². The Balaban J connectivity index is 0. The Morgan fingerprint density at radius 3 is 1.92 bits per heavy atom. The zero-order chi connectivity index (χ0) is 19.0. The molecule has 0 heterocycles. The van der Waals surface area contributed by atoms with Crippen molar-refractivity contribution in [2.24, 2.45) is 29.6 Å². The minimum absolute atomic E-state index is 0.998. The Hall–Kier alpha value is -0.260. The monoisotopic (exact) mass is 338 g/mol. The molecule has 5 atom stereocenters. The van der Waals surface area contributed by atoms with Gasteiger partial charge in [0.15, 0.2) is 0 Å². The SMILES string of the molecule is C=CCC.CC.CC.CCC[C@@H]1CCC2CCC(C)CC(C2)C1C. The standard InChI is InChI=1S/C16H30.C4H8.2C2H6/c1-4-5-15-9-8-14-7-6-12(2)10-16(11-14)13(15)3;1-3-4-2;2*1-2/h12-16H,4-11H2,1-3H3;3H,1,4H2,2H3;2*1-2H3/t12?,13?,14?,15-,16?;;;/m1.../s1. The number of fused-ring (bicyclic) bond motifs is 2. The van der Waals surface area contributed by atoms with Crippen LogP contribution >= 0.6 is 0 Å². The van der Waals surface area contributed by atoms with Gasteiger partial charge in [0.2, 0.25) is 0 Å². The van der Waals surface area contributed by atoms with Crippen LogP contribution in [0, 0.1) is 29.6 Å². The van der Waals surface area contributed by atoms with Crippen molar-refractivity contribution in [3.05, 3.63) is 12.7 Å². The molecule has 0 heteroatoms. The lowest BCUT2D eigenvalue weighted by molar-refractivity contribution is 0.208. The van der Waals surface area contributed by atoms with Crippen molar-refractivity contribution in [3.63, 3.8) is 0 Å². The van der Waals surface area contributed by atoms with E-state index in [0.717, 1.165) is 36.0 Å². The van der Waals surface area contributed by atoms with E-state index in [4.69, 9.17) is 0 Å². The Kier molecular flexibility index (Phi) is 19.0. The quantitative estimate of drug-likeness (QED) is 0.450. The summed E-state index contributed by atoms with van der Waals surface area (Å²) < 4.78 is 0. The summed E-state index contributed by atoms with van der Waals surface area (Å²) in [5, 5.41) is 0. The van der Waals surface area contributed by atoms with Crippen molar-refractivity contribution in [3.8, 4) is 0 Å². The second-order valence-electron chi connectivity index (χ2n) is 7.46. The summed E-state index contributed by atoms with van der Waals surface area (Å²) in [6.07, 6.45) is 15.0. The van der Waals surface area contributed by atoms with Gasteiger partial charge in [0.05, 0.1) is 0 Å². The highest BCUT2D eigenvalue weighted by Crippen LogP contribution is 2.45. The maximum Gasteiger partial charge on any atom is -0.0381 e. The number of hydrogen-bond acceptors (Lipinski definition) is 0. The third kappa shape index (κ3) is 10.6. The normalized spacial score (nSPS) is 31.4. The van der Waals surface area contributed by atoms with Crippen LogP contribution in [0.25, 0.3) is 0 Å². The molecule has 2 saturated carbocycles. The molecular formula is C24H50. The molecular weight excluding hydrogens is 288 g/mol. The first-order chi connectivity index (χ1) is 11.6. The van der Waals surface area contributed by atoms with Crippen LogP contribution < -0.4 is 0 Å². The summed E-state index contributed by atoms with van der Waals surface area (Å²) in [6, 6.07) is 0. The van der Waals surface area contributed by atoms with Crippen LogP contribution in [0.3, 0.4) is 0 Å². The third-order valence-corrected chi connectivity index (χ3v) is 5.79. The van der Waals surface area contributed by atoms with Gasteiger partial charge in [0.1, 0.15) is 0 Å². The summed E-state index contributed by atoms with van der Waals surface area (Å²) >= 11 is 0. The van der Waals surface area contributed by atoms with Gasteiger partial charge < -0.3 is 0 Å². The summed E-state index contributed by atoms with van der Waals surface area (Å²) in [5.41, 5.74) is 0. The first-order valence-corrected chi connectivity index (χ1v) is 11.2. The predicted octanol–water partition coefficient (Wildman–Crippen LogP) is 8.91. The Labute approximate surface area is 155 Å². The van der Waals surface area contributed by atoms with Crippen molar-refractivity contribution < 1.29 is 0 Å². The van der Waals surface area contributed by atoms with Crippen LogP contribution in [0.4, 0.5) is 0 Å². The largest absolute Gasteiger partial charge is 0.103 e. The fraction of sp³-hybridized carbons (Fsp3) is 0.917. The van der Waals surface area contributed by atoms with Crippen molar-refractivity contribution in [2.75, 3.05) is 0 Å². The fourth-order valence-corrected chi connectivity index (χ4v) is 4.36. The Bertz CT molecular complexity index is 255. The van der Waals surface area contributed by atoms with Gasteiger partial charge in [-0.2, -0.15) is 0 Å². The molecule has 2 aliphatic carbocycles. The van der Waals surface area contributed by atoms with Gasteiger partial charge in [-0.15, -0.1) is 6.58 Å². The smallest absolute Gasteiger partial charge is 0.0381 e. The van der Waals surface area contributed by atoms with Gasteiger partial charge in [-0.3, -0.25) is 0 Å². The molecule has 0 nitrogen and oxygen atoms in total. The fourth-order valence-electron chi connectivity index (χ4n) is 4.36. The molecule has 24 heavy (non-hydrogen) atoms. The topological polar surface area (TPSA) is 0 Å². The van der Waals surface area contributed by atoms with E-state index in [1.54, 1.807) is 6.42 Å². The van der Waals surface area contributed by atoms with Crippen LogP contribution in [-0.2, 0) is 0 Å². The highest BCUT2D eigenvalue weighted by molar-refractivity contribution is 4.85. The molecule has 0 amide bonds. The number of allylic oxidation sites excluding steroid dienone is 1. The Morgan fingerprint density at radius 1 is 0.875 bits per heavy atom. The summed E-state index contributed by atoms with van der Waals surface area (Å²) in [6.45, 7) is 20.9. The van der Waals surface area contributed by atoms with Gasteiger partial charge in [-0.05, 0) is 55.3 Å². The minimum Gasteiger partial charge on any atom is -0.103 e. The maximum atomic E-state index is 3.48. The van der Waals surface area contributed by atoms with Gasteiger partial charge in [-0.25, -0.2) is 0 Å². The minimum atomic E-state index is 0.998. The molecule has 0 saturated heterocycles. The van der Waals surface area contributed by atoms with Crippen molar-refractivity contribution >= 4 is 0 Å². The molecule has 2 fully saturated rings. The van der Waals surface area contributed by atoms with Crippen LogP contribution in [0.5, 0.6) is 0 Å². The molecule has 0 aromatic heterocycles. The van der Waals surface area contributed by atoms with E-state index in [1.807, 2.05) is 33.8 Å². The maximum absolute atomic E-state index is 3.48. The van der Waals surface area contributed by atoms with Gasteiger partial charge in [0, 0.05) is 0 Å². The lowest BCUT2D eigenvalue weighted by Gasteiger charge is -2.29. The lowest BCUT2D eigenvalue weighted by Crippen LogP contribution is -2.20. The van der Waals surface area contributed by atoms with E-state index in [2.05, 4.69) is 34.3 Å². The van der Waals surface area contributed by atoms with Crippen LogP contribution in [-0.4, -0.2) is 0 Å². The Morgan fingerprint density at radius 2 is 1.42 bits per heavy atom. The molecule has 0 aliphatic heterocycles. The van der Waals surface area contributed by atoms with Crippen LogP contribution in [0.2, 0.25) is 0 Å². The first kappa shape index (κ1) is 26.0. The van der Waals surface area contributed by atoms with E-state index >= 15 is 0 Å². The molecule has 146 valence electrons. The highest BCUT2D eigenvalue weighted by atomic mass is 14.4. The van der Waals surface area contributed by atoms with E-state index < -0.39 is 0 Å². The second-order valence-corrected chi connectivity index (χ2v) is 7.46. The van der Waals surface area contributed by atoms with Crippen molar-refractivity contribution in [1.29, 1.82) is 0 Å². The van der Waals surface area contributed by atoms with E-state index in [1.165, 1.54) is 44.9 Å². The zero-order valence-electron chi connectivity index (χ0n) is 18.5. The molecule has 2 aliphatic rings. The average molecular weight is 339 g/mol. The molecule has 0 spiro atoms. The number of hydrogen-bond donors (Lipinski definition) is 0. The molecule has 0 radical (unpaired) electrons. The van der Waals surface area contributed by atoms with Gasteiger partial charge in [-0.1, -0.05) is 93.6 Å². The van der Waals surface area contributed by atoms with Gasteiger partial charge >= 0.3 is 0 Å². The molecule has 4 unspecified atom stereocenters. The predicted molar refractivity (Wildman–Crippen MR) is 115 cm³/mol.